The summed E-state index contributed by atoms with van der Waals surface area (Å²) in [5, 5.41) is 3.84. The Balaban J connectivity index is 1.51. The minimum Gasteiger partial charge on any atom is -0.470 e. The molecule has 0 spiro atoms. The molecule has 3 heterocycles. The second-order valence-corrected chi connectivity index (χ2v) is 6.20. The summed E-state index contributed by atoms with van der Waals surface area (Å²) in [4.78, 5) is 17.4. The van der Waals surface area contributed by atoms with Crippen molar-refractivity contribution in [2.24, 2.45) is 0 Å². The fourth-order valence-corrected chi connectivity index (χ4v) is 2.82. The Morgan fingerprint density at radius 1 is 1.38 bits per heavy atom. The SMILES string of the molecule is Cc1noc(C)c1CCC(=O)N1CC(Oc2ncccc2C(F)(F)F)C1. The predicted octanol–water partition coefficient (Wildman–Crippen LogP) is 2.93. The predicted molar refractivity (Wildman–Crippen MR) is 84.5 cm³/mol. The van der Waals surface area contributed by atoms with E-state index in [1.165, 1.54) is 12.3 Å². The van der Waals surface area contributed by atoms with Crippen LogP contribution in [0.15, 0.2) is 22.9 Å². The zero-order valence-electron chi connectivity index (χ0n) is 14.3. The van der Waals surface area contributed by atoms with Crippen LogP contribution >= 0.6 is 0 Å². The summed E-state index contributed by atoms with van der Waals surface area (Å²) in [6.45, 7) is 4.09. The molecule has 26 heavy (non-hydrogen) atoms. The molecule has 1 saturated heterocycles. The van der Waals surface area contributed by atoms with Crippen molar-refractivity contribution >= 4 is 5.91 Å². The van der Waals surface area contributed by atoms with Crippen LogP contribution in [0.4, 0.5) is 13.2 Å². The van der Waals surface area contributed by atoms with Gasteiger partial charge in [-0.3, -0.25) is 4.79 Å². The number of aryl methyl sites for hydroxylation is 2. The van der Waals surface area contributed by atoms with Gasteiger partial charge in [-0.15, -0.1) is 0 Å². The summed E-state index contributed by atoms with van der Waals surface area (Å²) in [6.07, 6.45) is -2.98. The molecule has 2 aromatic heterocycles. The highest BCUT2D eigenvalue weighted by Gasteiger charge is 2.38. The van der Waals surface area contributed by atoms with E-state index < -0.39 is 23.7 Å². The topological polar surface area (TPSA) is 68.5 Å². The van der Waals surface area contributed by atoms with E-state index in [0.717, 1.165) is 17.3 Å². The van der Waals surface area contributed by atoms with Gasteiger partial charge in [-0.2, -0.15) is 13.2 Å². The summed E-state index contributed by atoms with van der Waals surface area (Å²) in [6, 6.07) is 2.13. The van der Waals surface area contributed by atoms with Crippen LogP contribution in [0.3, 0.4) is 0 Å². The van der Waals surface area contributed by atoms with Crippen LogP contribution in [-0.2, 0) is 17.4 Å². The number of carbonyl (C=O) groups is 1. The first-order valence-corrected chi connectivity index (χ1v) is 8.14. The van der Waals surface area contributed by atoms with Gasteiger partial charge in [0.05, 0.1) is 18.8 Å². The Hall–Kier alpha value is -2.58. The zero-order chi connectivity index (χ0) is 18.9. The van der Waals surface area contributed by atoms with Gasteiger partial charge in [-0.25, -0.2) is 4.98 Å². The highest BCUT2D eigenvalue weighted by Crippen LogP contribution is 2.35. The fraction of sp³-hybridized carbons (Fsp3) is 0.471. The molecule has 0 bridgehead atoms. The number of amides is 1. The van der Waals surface area contributed by atoms with Crippen molar-refractivity contribution in [3.05, 3.63) is 40.9 Å². The number of carbonyl (C=O) groups excluding carboxylic acids is 1. The molecule has 0 radical (unpaired) electrons. The molecule has 1 fully saturated rings. The lowest BCUT2D eigenvalue weighted by Gasteiger charge is -2.39. The second kappa shape index (κ2) is 6.97. The first-order chi connectivity index (χ1) is 12.3. The van der Waals surface area contributed by atoms with Gasteiger partial charge in [0, 0.05) is 18.2 Å². The normalized spacial score (nSPS) is 15.0. The van der Waals surface area contributed by atoms with E-state index in [4.69, 9.17) is 9.26 Å². The quantitative estimate of drug-likeness (QED) is 0.811. The third-order valence-electron chi connectivity index (χ3n) is 4.33. The van der Waals surface area contributed by atoms with Crippen LogP contribution in [-0.4, -0.2) is 40.1 Å². The van der Waals surface area contributed by atoms with Gasteiger partial charge in [0.1, 0.15) is 17.4 Å². The van der Waals surface area contributed by atoms with Gasteiger partial charge in [0.15, 0.2) is 0 Å². The summed E-state index contributed by atoms with van der Waals surface area (Å²) in [5.41, 5.74) is 0.758. The third-order valence-corrected chi connectivity index (χ3v) is 4.33. The minimum absolute atomic E-state index is 0.0816. The van der Waals surface area contributed by atoms with Crippen LogP contribution in [0.2, 0.25) is 0 Å². The smallest absolute Gasteiger partial charge is 0.421 e. The van der Waals surface area contributed by atoms with Crippen LogP contribution < -0.4 is 4.74 Å². The maximum Gasteiger partial charge on any atom is 0.421 e. The number of halogens is 3. The average Bonchev–Trinajstić information content (AvgIpc) is 2.86. The van der Waals surface area contributed by atoms with Crippen molar-refractivity contribution in [1.29, 1.82) is 0 Å². The highest BCUT2D eigenvalue weighted by atomic mass is 19.4. The molecule has 0 unspecified atom stereocenters. The van der Waals surface area contributed by atoms with Gasteiger partial charge < -0.3 is 14.2 Å². The maximum absolute atomic E-state index is 12.9. The Morgan fingerprint density at radius 2 is 2.12 bits per heavy atom. The average molecular weight is 369 g/mol. The molecule has 3 rings (SSSR count). The highest BCUT2D eigenvalue weighted by molar-refractivity contribution is 5.77. The zero-order valence-corrected chi connectivity index (χ0v) is 14.3. The van der Waals surface area contributed by atoms with E-state index in [1.807, 2.05) is 6.92 Å². The van der Waals surface area contributed by atoms with Crippen LogP contribution in [0.5, 0.6) is 5.88 Å². The Labute approximate surface area is 147 Å². The molecular weight excluding hydrogens is 351 g/mol. The Kier molecular flexibility index (Phi) is 4.88. The minimum atomic E-state index is -4.53. The number of hydrogen-bond donors (Lipinski definition) is 0. The van der Waals surface area contributed by atoms with Gasteiger partial charge >= 0.3 is 6.18 Å². The van der Waals surface area contributed by atoms with Crippen molar-refractivity contribution in [1.82, 2.24) is 15.0 Å². The first kappa shape index (κ1) is 18.2. The van der Waals surface area contributed by atoms with Gasteiger partial charge in [0.25, 0.3) is 0 Å². The van der Waals surface area contributed by atoms with E-state index >= 15 is 0 Å². The van der Waals surface area contributed by atoms with E-state index in [2.05, 4.69) is 10.1 Å². The van der Waals surface area contributed by atoms with Crippen molar-refractivity contribution in [3.8, 4) is 5.88 Å². The molecule has 1 aliphatic rings. The van der Waals surface area contributed by atoms with E-state index in [0.29, 0.717) is 12.2 Å². The number of aromatic nitrogens is 2. The molecule has 0 aliphatic carbocycles. The van der Waals surface area contributed by atoms with E-state index in [9.17, 15) is 18.0 Å². The van der Waals surface area contributed by atoms with Crippen molar-refractivity contribution in [2.45, 2.75) is 39.0 Å². The summed E-state index contributed by atoms with van der Waals surface area (Å²) in [7, 11) is 0. The monoisotopic (exact) mass is 369 g/mol. The second-order valence-electron chi connectivity index (χ2n) is 6.20. The van der Waals surface area contributed by atoms with Gasteiger partial charge in [-0.05, 0) is 32.4 Å². The summed E-state index contributed by atoms with van der Waals surface area (Å²) >= 11 is 0. The fourth-order valence-electron chi connectivity index (χ4n) is 2.82. The maximum atomic E-state index is 12.9. The van der Waals surface area contributed by atoms with Crippen molar-refractivity contribution in [3.63, 3.8) is 0 Å². The molecule has 0 atom stereocenters. The molecule has 2 aromatic rings. The molecule has 0 saturated carbocycles. The molecule has 0 N–H and O–H groups in total. The number of hydrogen-bond acceptors (Lipinski definition) is 5. The third kappa shape index (κ3) is 3.81. The largest absolute Gasteiger partial charge is 0.470 e. The summed E-state index contributed by atoms with van der Waals surface area (Å²) < 4.78 is 49.2. The molecule has 140 valence electrons. The summed E-state index contributed by atoms with van der Waals surface area (Å²) in [5.74, 6) is 0.157. The van der Waals surface area contributed by atoms with Crippen LogP contribution in [0.1, 0.15) is 29.0 Å². The number of alkyl halides is 3. The Bertz CT molecular complexity index is 779. The van der Waals surface area contributed by atoms with E-state index in [1.54, 1.807) is 11.8 Å². The molecule has 9 heteroatoms. The van der Waals surface area contributed by atoms with Crippen molar-refractivity contribution < 1.29 is 27.2 Å². The number of pyridine rings is 1. The molecule has 1 aliphatic heterocycles. The standard InChI is InChI=1S/C17H18F3N3O3/c1-10-13(11(2)26-22-10)5-6-15(24)23-8-12(9-23)25-16-14(17(18,19)20)4-3-7-21-16/h3-4,7,12H,5-6,8-9H2,1-2H3. The first-order valence-electron chi connectivity index (χ1n) is 8.14. The van der Waals surface area contributed by atoms with Crippen molar-refractivity contribution in [2.75, 3.05) is 13.1 Å². The number of likely N-dealkylation sites (tertiary alicyclic amines) is 1. The molecular formula is C17H18F3N3O3. The van der Waals surface area contributed by atoms with Crippen LogP contribution in [0, 0.1) is 13.8 Å². The Morgan fingerprint density at radius 3 is 2.73 bits per heavy atom. The number of ether oxygens (including phenoxy) is 1. The van der Waals surface area contributed by atoms with E-state index in [-0.39, 0.29) is 25.4 Å². The number of nitrogens with zero attached hydrogens (tertiary/aromatic N) is 3. The molecule has 1 amide bonds. The van der Waals surface area contributed by atoms with Gasteiger partial charge in [-0.1, -0.05) is 5.16 Å². The molecule has 0 aromatic carbocycles. The van der Waals surface area contributed by atoms with Gasteiger partial charge in [0.2, 0.25) is 11.8 Å². The lowest BCUT2D eigenvalue weighted by Crippen LogP contribution is -2.56. The lowest BCUT2D eigenvalue weighted by atomic mass is 10.1. The number of rotatable bonds is 5. The van der Waals surface area contributed by atoms with Crippen LogP contribution in [0.25, 0.3) is 0 Å². The lowest BCUT2D eigenvalue weighted by molar-refractivity contribution is -0.145. The molecule has 6 nitrogen and oxygen atoms in total.